The Kier molecular flexibility index (Phi) is 2.12. The summed E-state index contributed by atoms with van der Waals surface area (Å²) in [5.41, 5.74) is 0. The van der Waals surface area contributed by atoms with Crippen LogP contribution in [0.1, 0.15) is 13.8 Å². The Bertz CT molecular complexity index is 190. The SMILES string of the molecule is CC(=O)NC1C(=O)OCC1C. The van der Waals surface area contributed by atoms with E-state index in [1.54, 1.807) is 0 Å². The van der Waals surface area contributed by atoms with E-state index in [0.717, 1.165) is 0 Å². The first kappa shape index (κ1) is 8.04. The van der Waals surface area contributed by atoms with E-state index in [0.29, 0.717) is 6.61 Å². The summed E-state index contributed by atoms with van der Waals surface area (Å²) < 4.78 is 4.72. The van der Waals surface area contributed by atoms with E-state index >= 15 is 0 Å². The van der Waals surface area contributed by atoms with Gasteiger partial charge in [0.25, 0.3) is 0 Å². The van der Waals surface area contributed by atoms with Gasteiger partial charge in [0.05, 0.1) is 6.61 Å². The Balaban J connectivity index is 2.54. The van der Waals surface area contributed by atoms with Crippen molar-refractivity contribution >= 4 is 11.9 Å². The van der Waals surface area contributed by atoms with Gasteiger partial charge in [-0.25, -0.2) is 4.79 Å². The quantitative estimate of drug-likeness (QED) is 0.531. The Morgan fingerprint density at radius 2 is 2.36 bits per heavy atom. The van der Waals surface area contributed by atoms with Crippen LogP contribution in [0.3, 0.4) is 0 Å². The summed E-state index contributed by atoms with van der Waals surface area (Å²) in [6, 6.07) is -0.438. The van der Waals surface area contributed by atoms with Crippen LogP contribution in [-0.4, -0.2) is 24.5 Å². The van der Waals surface area contributed by atoms with Crippen molar-refractivity contribution < 1.29 is 14.3 Å². The van der Waals surface area contributed by atoms with E-state index in [4.69, 9.17) is 4.74 Å². The molecule has 0 aromatic rings. The monoisotopic (exact) mass is 157 g/mol. The molecule has 11 heavy (non-hydrogen) atoms. The third kappa shape index (κ3) is 1.69. The van der Waals surface area contributed by atoms with Gasteiger partial charge in [0.1, 0.15) is 6.04 Å². The Morgan fingerprint density at radius 3 is 2.73 bits per heavy atom. The molecule has 0 spiro atoms. The van der Waals surface area contributed by atoms with E-state index in [1.165, 1.54) is 6.92 Å². The van der Waals surface area contributed by atoms with Crippen molar-refractivity contribution in [2.24, 2.45) is 5.92 Å². The summed E-state index contributed by atoms with van der Waals surface area (Å²) in [6.07, 6.45) is 0. The average Bonchev–Trinajstić information content (AvgIpc) is 2.18. The van der Waals surface area contributed by atoms with Crippen molar-refractivity contribution in [3.63, 3.8) is 0 Å². The van der Waals surface area contributed by atoms with Gasteiger partial charge in [-0.3, -0.25) is 4.79 Å². The summed E-state index contributed by atoms with van der Waals surface area (Å²) in [5.74, 6) is -0.431. The zero-order valence-electron chi connectivity index (χ0n) is 6.59. The molecule has 0 bridgehead atoms. The van der Waals surface area contributed by atoms with Crippen LogP contribution in [-0.2, 0) is 14.3 Å². The number of ether oxygens (including phenoxy) is 1. The van der Waals surface area contributed by atoms with Crippen LogP contribution in [0.5, 0.6) is 0 Å². The predicted molar refractivity (Wildman–Crippen MR) is 37.7 cm³/mol. The summed E-state index contributed by atoms with van der Waals surface area (Å²) in [7, 11) is 0. The van der Waals surface area contributed by atoms with Crippen LogP contribution in [0.15, 0.2) is 0 Å². The van der Waals surface area contributed by atoms with Crippen molar-refractivity contribution in [2.45, 2.75) is 19.9 Å². The van der Waals surface area contributed by atoms with Gasteiger partial charge in [0.15, 0.2) is 0 Å². The van der Waals surface area contributed by atoms with Crippen molar-refractivity contribution in [2.75, 3.05) is 6.61 Å². The van der Waals surface area contributed by atoms with E-state index in [1.807, 2.05) is 6.92 Å². The lowest BCUT2D eigenvalue weighted by Gasteiger charge is -2.09. The molecule has 0 saturated carbocycles. The molecule has 2 atom stereocenters. The number of carbonyl (C=O) groups is 2. The van der Waals surface area contributed by atoms with Gasteiger partial charge in [-0.2, -0.15) is 0 Å². The number of hydrogen-bond acceptors (Lipinski definition) is 3. The highest BCUT2D eigenvalue weighted by Gasteiger charge is 2.33. The zero-order valence-corrected chi connectivity index (χ0v) is 6.59. The minimum Gasteiger partial charge on any atom is -0.464 e. The Hall–Kier alpha value is -1.06. The van der Waals surface area contributed by atoms with Crippen LogP contribution in [0.2, 0.25) is 0 Å². The number of amides is 1. The van der Waals surface area contributed by atoms with Crippen molar-refractivity contribution in [1.82, 2.24) is 5.32 Å². The molecule has 0 aromatic heterocycles. The molecule has 1 aliphatic heterocycles. The second-order valence-electron chi connectivity index (χ2n) is 2.79. The zero-order chi connectivity index (χ0) is 8.43. The molecule has 1 saturated heterocycles. The van der Waals surface area contributed by atoms with Crippen LogP contribution in [0.4, 0.5) is 0 Å². The molecule has 1 aliphatic rings. The third-order valence-electron chi connectivity index (χ3n) is 1.67. The highest BCUT2D eigenvalue weighted by atomic mass is 16.5. The number of cyclic esters (lactones) is 1. The summed E-state index contributed by atoms with van der Waals surface area (Å²) in [4.78, 5) is 21.5. The van der Waals surface area contributed by atoms with Gasteiger partial charge in [0, 0.05) is 12.8 Å². The molecule has 0 radical (unpaired) electrons. The van der Waals surface area contributed by atoms with Gasteiger partial charge in [-0.1, -0.05) is 6.92 Å². The Morgan fingerprint density at radius 1 is 1.73 bits per heavy atom. The molecule has 1 heterocycles. The van der Waals surface area contributed by atoms with Crippen molar-refractivity contribution in [3.8, 4) is 0 Å². The topological polar surface area (TPSA) is 55.4 Å². The van der Waals surface area contributed by atoms with E-state index in [2.05, 4.69) is 5.32 Å². The number of carbonyl (C=O) groups excluding carboxylic acids is 2. The number of nitrogens with one attached hydrogen (secondary N) is 1. The molecular weight excluding hydrogens is 146 g/mol. The fraction of sp³-hybridized carbons (Fsp3) is 0.714. The van der Waals surface area contributed by atoms with Gasteiger partial charge < -0.3 is 10.1 Å². The minimum atomic E-state index is -0.438. The molecule has 1 N–H and O–H groups in total. The molecule has 4 heteroatoms. The van der Waals surface area contributed by atoms with E-state index < -0.39 is 6.04 Å². The fourth-order valence-corrected chi connectivity index (χ4v) is 1.05. The second-order valence-corrected chi connectivity index (χ2v) is 2.79. The molecule has 1 rings (SSSR count). The van der Waals surface area contributed by atoms with Crippen LogP contribution in [0, 0.1) is 5.92 Å². The van der Waals surface area contributed by atoms with Crippen LogP contribution >= 0.6 is 0 Å². The summed E-state index contributed by atoms with van der Waals surface area (Å²) in [6.45, 7) is 3.66. The third-order valence-corrected chi connectivity index (χ3v) is 1.67. The second kappa shape index (κ2) is 2.90. The maximum absolute atomic E-state index is 10.9. The van der Waals surface area contributed by atoms with Gasteiger partial charge in [0.2, 0.25) is 5.91 Å². The average molecular weight is 157 g/mol. The highest BCUT2D eigenvalue weighted by molar-refractivity contribution is 5.84. The molecule has 1 amide bonds. The maximum Gasteiger partial charge on any atom is 0.329 e. The first-order valence-corrected chi connectivity index (χ1v) is 3.55. The van der Waals surface area contributed by atoms with Crippen LogP contribution < -0.4 is 5.32 Å². The highest BCUT2D eigenvalue weighted by Crippen LogP contribution is 2.13. The fourth-order valence-electron chi connectivity index (χ4n) is 1.05. The largest absolute Gasteiger partial charge is 0.464 e. The maximum atomic E-state index is 10.9. The molecule has 1 fully saturated rings. The number of rotatable bonds is 1. The Labute approximate surface area is 64.9 Å². The standard InChI is InChI=1S/C7H11NO3/c1-4-3-11-7(10)6(4)8-5(2)9/h4,6H,3H2,1-2H3,(H,8,9). The lowest BCUT2D eigenvalue weighted by Crippen LogP contribution is -2.40. The van der Waals surface area contributed by atoms with Crippen molar-refractivity contribution in [1.29, 1.82) is 0 Å². The van der Waals surface area contributed by atoms with Gasteiger partial charge >= 0.3 is 5.97 Å². The smallest absolute Gasteiger partial charge is 0.329 e. The number of hydrogen-bond donors (Lipinski definition) is 1. The van der Waals surface area contributed by atoms with Crippen LogP contribution in [0.25, 0.3) is 0 Å². The van der Waals surface area contributed by atoms with E-state index in [-0.39, 0.29) is 17.8 Å². The lowest BCUT2D eigenvalue weighted by molar-refractivity contribution is -0.141. The van der Waals surface area contributed by atoms with Gasteiger partial charge in [-0.15, -0.1) is 0 Å². The van der Waals surface area contributed by atoms with E-state index in [9.17, 15) is 9.59 Å². The first-order chi connectivity index (χ1) is 5.11. The molecule has 0 aromatic carbocycles. The minimum absolute atomic E-state index is 0.0893. The first-order valence-electron chi connectivity index (χ1n) is 3.55. The summed E-state index contributed by atoms with van der Waals surface area (Å²) >= 11 is 0. The molecule has 4 nitrogen and oxygen atoms in total. The predicted octanol–water partition coefficient (Wildman–Crippen LogP) is -0.316. The lowest BCUT2D eigenvalue weighted by atomic mass is 10.1. The molecule has 0 aliphatic carbocycles. The van der Waals surface area contributed by atoms with Crippen molar-refractivity contribution in [3.05, 3.63) is 0 Å². The normalized spacial score (nSPS) is 29.8. The van der Waals surface area contributed by atoms with Gasteiger partial charge in [-0.05, 0) is 0 Å². The molecule has 2 unspecified atom stereocenters. The molecule has 62 valence electrons. The summed E-state index contributed by atoms with van der Waals surface area (Å²) in [5, 5.41) is 2.53. The molecular formula is C7H11NO3. The number of esters is 1.